The maximum atomic E-state index is 11.1. The number of carbonyl (C=O) groups excluding carboxylic acids is 1. The molecule has 17 heavy (non-hydrogen) atoms. The summed E-state index contributed by atoms with van der Waals surface area (Å²) in [6.45, 7) is 6.15. The van der Waals surface area contributed by atoms with E-state index in [1.54, 1.807) is 6.92 Å². The summed E-state index contributed by atoms with van der Waals surface area (Å²) < 4.78 is 0. The number of benzene rings is 1. The Morgan fingerprint density at radius 3 is 2.29 bits per heavy atom. The van der Waals surface area contributed by atoms with E-state index in [0.717, 1.165) is 6.42 Å². The molecule has 3 heteroatoms. The molecule has 94 valence electrons. The first-order valence-corrected chi connectivity index (χ1v) is 6.11. The topological polar surface area (TPSA) is 55.1 Å². The lowest BCUT2D eigenvalue weighted by Gasteiger charge is -2.23. The molecule has 0 saturated heterocycles. The molecule has 0 heterocycles. The Bertz CT molecular complexity index is 348. The van der Waals surface area contributed by atoms with E-state index in [4.69, 9.17) is 5.73 Å². The van der Waals surface area contributed by atoms with Crippen molar-refractivity contribution < 1.29 is 4.79 Å². The van der Waals surface area contributed by atoms with Crippen LogP contribution in [0.25, 0.3) is 0 Å². The molecule has 0 aromatic heterocycles. The fourth-order valence-corrected chi connectivity index (χ4v) is 1.84. The summed E-state index contributed by atoms with van der Waals surface area (Å²) in [5, 5.41) is 3.29. The predicted octanol–water partition coefficient (Wildman–Crippen LogP) is 2.24. The van der Waals surface area contributed by atoms with Crippen molar-refractivity contribution in [3.8, 4) is 0 Å². The van der Waals surface area contributed by atoms with Gasteiger partial charge in [-0.2, -0.15) is 0 Å². The van der Waals surface area contributed by atoms with Gasteiger partial charge in [-0.3, -0.25) is 10.1 Å². The van der Waals surface area contributed by atoms with Gasteiger partial charge < -0.3 is 5.73 Å². The molecule has 1 rings (SSSR count). The Hall–Kier alpha value is -1.35. The zero-order chi connectivity index (χ0) is 12.8. The van der Waals surface area contributed by atoms with Crippen molar-refractivity contribution in [3.63, 3.8) is 0 Å². The van der Waals surface area contributed by atoms with Crippen molar-refractivity contribution >= 4 is 5.91 Å². The standard InChI is InChI=1S/C14H22N2O/c1-10(2)9-13(16-11(3)14(15)17)12-7-5-4-6-8-12/h4-8,10-11,13,16H,9H2,1-3H3,(H2,15,17)/t11-,13+/m1/s1. The van der Waals surface area contributed by atoms with Gasteiger partial charge in [0.25, 0.3) is 0 Å². The third-order valence-electron chi connectivity index (χ3n) is 2.79. The molecule has 0 aliphatic heterocycles. The molecular formula is C14H22N2O. The summed E-state index contributed by atoms with van der Waals surface area (Å²) in [6.07, 6.45) is 0.988. The lowest BCUT2D eigenvalue weighted by molar-refractivity contribution is -0.119. The minimum absolute atomic E-state index is 0.179. The third kappa shape index (κ3) is 4.57. The first-order chi connectivity index (χ1) is 8.00. The largest absolute Gasteiger partial charge is 0.368 e. The highest BCUT2D eigenvalue weighted by molar-refractivity contribution is 5.79. The van der Waals surface area contributed by atoms with Gasteiger partial charge in [0.1, 0.15) is 0 Å². The van der Waals surface area contributed by atoms with Gasteiger partial charge in [0.15, 0.2) is 0 Å². The van der Waals surface area contributed by atoms with E-state index in [1.165, 1.54) is 5.56 Å². The van der Waals surface area contributed by atoms with E-state index in [-0.39, 0.29) is 18.0 Å². The quantitative estimate of drug-likeness (QED) is 0.793. The van der Waals surface area contributed by atoms with E-state index in [2.05, 4.69) is 31.3 Å². The highest BCUT2D eigenvalue weighted by Gasteiger charge is 2.18. The summed E-state index contributed by atoms with van der Waals surface area (Å²) in [7, 11) is 0. The molecule has 3 nitrogen and oxygen atoms in total. The van der Waals surface area contributed by atoms with Gasteiger partial charge >= 0.3 is 0 Å². The normalized spacial score (nSPS) is 14.6. The van der Waals surface area contributed by atoms with Gasteiger partial charge in [0.2, 0.25) is 5.91 Å². The van der Waals surface area contributed by atoms with Crippen LogP contribution in [0.1, 0.15) is 38.8 Å². The average Bonchev–Trinajstić information content (AvgIpc) is 2.28. The van der Waals surface area contributed by atoms with Gasteiger partial charge in [0.05, 0.1) is 6.04 Å². The first-order valence-electron chi connectivity index (χ1n) is 6.11. The molecule has 3 N–H and O–H groups in total. The Kier molecular flexibility index (Phi) is 5.16. The number of amides is 1. The van der Waals surface area contributed by atoms with Crippen LogP contribution >= 0.6 is 0 Å². The highest BCUT2D eigenvalue weighted by atomic mass is 16.1. The molecule has 0 spiro atoms. The summed E-state index contributed by atoms with van der Waals surface area (Å²) in [5.74, 6) is 0.252. The van der Waals surface area contributed by atoms with Crippen molar-refractivity contribution in [2.45, 2.75) is 39.3 Å². The van der Waals surface area contributed by atoms with Crippen LogP contribution in [0.5, 0.6) is 0 Å². The zero-order valence-corrected chi connectivity index (χ0v) is 10.8. The van der Waals surface area contributed by atoms with Gasteiger partial charge in [-0.15, -0.1) is 0 Å². The average molecular weight is 234 g/mol. The number of rotatable bonds is 6. The van der Waals surface area contributed by atoms with Crippen molar-refractivity contribution in [2.75, 3.05) is 0 Å². The van der Waals surface area contributed by atoms with Crippen molar-refractivity contribution in [2.24, 2.45) is 11.7 Å². The predicted molar refractivity (Wildman–Crippen MR) is 70.4 cm³/mol. The molecule has 0 unspecified atom stereocenters. The second kappa shape index (κ2) is 6.40. The van der Waals surface area contributed by atoms with Crippen LogP contribution in [0.2, 0.25) is 0 Å². The van der Waals surface area contributed by atoms with E-state index in [9.17, 15) is 4.79 Å². The summed E-state index contributed by atoms with van der Waals surface area (Å²) in [6, 6.07) is 10.0. The van der Waals surface area contributed by atoms with Gasteiger partial charge in [-0.1, -0.05) is 44.2 Å². The minimum atomic E-state index is -0.310. The Balaban J connectivity index is 2.77. The van der Waals surface area contributed by atoms with E-state index in [0.29, 0.717) is 5.92 Å². The van der Waals surface area contributed by atoms with Crippen molar-refractivity contribution in [3.05, 3.63) is 35.9 Å². The number of nitrogens with two attached hydrogens (primary N) is 1. The third-order valence-corrected chi connectivity index (χ3v) is 2.79. The van der Waals surface area contributed by atoms with E-state index >= 15 is 0 Å². The zero-order valence-electron chi connectivity index (χ0n) is 10.8. The van der Waals surface area contributed by atoms with Crippen LogP contribution in [0.4, 0.5) is 0 Å². The van der Waals surface area contributed by atoms with Crippen LogP contribution in [0.3, 0.4) is 0 Å². The Morgan fingerprint density at radius 2 is 1.82 bits per heavy atom. The maximum Gasteiger partial charge on any atom is 0.234 e. The molecule has 0 aliphatic rings. The number of nitrogens with one attached hydrogen (secondary N) is 1. The maximum absolute atomic E-state index is 11.1. The van der Waals surface area contributed by atoms with Crippen molar-refractivity contribution in [1.29, 1.82) is 0 Å². The van der Waals surface area contributed by atoms with Crippen LogP contribution in [0, 0.1) is 5.92 Å². The van der Waals surface area contributed by atoms with Crippen molar-refractivity contribution in [1.82, 2.24) is 5.32 Å². The smallest absolute Gasteiger partial charge is 0.234 e. The summed E-state index contributed by atoms with van der Waals surface area (Å²) in [4.78, 5) is 11.1. The summed E-state index contributed by atoms with van der Waals surface area (Å²) in [5.41, 5.74) is 6.49. The second-order valence-corrected chi connectivity index (χ2v) is 4.88. The monoisotopic (exact) mass is 234 g/mol. The fraction of sp³-hybridized carbons (Fsp3) is 0.500. The van der Waals surface area contributed by atoms with E-state index < -0.39 is 0 Å². The van der Waals surface area contributed by atoms with E-state index in [1.807, 2.05) is 18.2 Å². The Labute approximate surface area is 103 Å². The Morgan fingerprint density at radius 1 is 1.24 bits per heavy atom. The second-order valence-electron chi connectivity index (χ2n) is 4.88. The van der Waals surface area contributed by atoms with Gasteiger partial charge in [-0.25, -0.2) is 0 Å². The molecule has 0 saturated carbocycles. The molecule has 1 aromatic rings. The molecule has 1 aromatic carbocycles. The molecule has 2 atom stereocenters. The SMILES string of the molecule is CC(C)C[C@H](N[C@H](C)C(N)=O)c1ccccc1. The number of carbonyl (C=O) groups is 1. The molecule has 0 fully saturated rings. The fourth-order valence-electron chi connectivity index (χ4n) is 1.84. The number of hydrogen-bond acceptors (Lipinski definition) is 2. The van der Waals surface area contributed by atoms with Crippen LogP contribution in [0.15, 0.2) is 30.3 Å². The van der Waals surface area contributed by atoms with Gasteiger partial charge in [-0.05, 0) is 24.8 Å². The lowest BCUT2D eigenvalue weighted by atomic mass is 9.96. The highest BCUT2D eigenvalue weighted by Crippen LogP contribution is 2.21. The first kappa shape index (κ1) is 13.7. The molecule has 0 radical (unpaired) electrons. The van der Waals surface area contributed by atoms with Crippen LogP contribution in [-0.4, -0.2) is 11.9 Å². The lowest BCUT2D eigenvalue weighted by Crippen LogP contribution is -2.41. The minimum Gasteiger partial charge on any atom is -0.368 e. The number of primary amides is 1. The summed E-state index contributed by atoms with van der Waals surface area (Å²) >= 11 is 0. The number of hydrogen-bond donors (Lipinski definition) is 2. The molecular weight excluding hydrogens is 212 g/mol. The van der Waals surface area contributed by atoms with Crippen LogP contribution in [-0.2, 0) is 4.79 Å². The molecule has 1 amide bonds. The van der Waals surface area contributed by atoms with Gasteiger partial charge in [0, 0.05) is 6.04 Å². The van der Waals surface area contributed by atoms with Crippen LogP contribution < -0.4 is 11.1 Å². The molecule has 0 aliphatic carbocycles. The molecule has 0 bridgehead atoms.